The van der Waals surface area contributed by atoms with Crippen LogP contribution < -0.4 is 0 Å². The molecule has 1 aromatic carbocycles. The first-order chi connectivity index (χ1) is 13.1. The van der Waals surface area contributed by atoms with Crippen LogP contribution in [0.25, 0.3) is 0 Å². The number of hydrogen-bond acceptors (Lipinski definition) is 4. The number of benzene rings is 1. The first-order valence-corrected chi connectivity index (χ1v) is 10.3. The maximum absolute atomic E-state index is 12.7. The average Bonchev–Trinajstić information content (AvgIpc) is 2.68. The Morgan fingerprint density at radius 2 is 1.78 bits per heavy atom. The van der Waals surface area contributed by atoms with Crippen LogP contribution in [0.3, 0.4) is 0 Å². The maximum Gasteiger partial charge on any atom is 0.309 e. The summed E-state index contributed by atoms with van der Waals surface area (Å²) < 4.78 is 5.10. The molecule has 1 aromatic rings. The van der Waals surface area contributed by atoms with E-state index >= 15 is 0 Å². The van der Waals surface area contributed by atoms with Gasteiger partial charge in [0.15, 0.2) is 0 Å². The van der Waals surface area contributed by atoms with Gasteiger partial charge in [-0.1, -0.05) is 19.1 Å². The lowest BCUT2D eigenvalue weighted by Crippen LogP contribution is -2.40. The van der Waals surface area contributed by atoms with Crippen LogP contribution in [0.1, 0.15) is 55.5 Å². The average molecular weight is 373 g/mol. The molecule has 2 fully saturated rings. The Balaban J connectivity index is 1.51. The van der Waals surface area contributed by atoms with E-state index in [0.717, 1.165) is 24.6 Å². The zero-order valence-corrected chi connectivity index (χ0v) is 16.7. The lowest BCUT2D eigenvalue weighted by Gasteiger charge is -2.31. The molecule has 0 aliphatic carbocycles. The van der Waals surface area contributed by atoms with Crippen LogP contribution >= 0.6 is 0 Å². The molecule has 0 N–H and O–H groups in total. The molecule has 0 bridgehead atoms. The second-order valence-corrected chi connectivity index (χ2v) is 8.00. The molecule has 27 heavy (non-hydrogen) atoms. The number of carbonyl (C=O) groups excluding carboxylic acids is 2. The molecule has 2 saturated heterocycles. The smallest absolute Gasteiger partial charge is 0.309 e. The molecular weight excluding hydrogens is 340 g/mol. The summed E-state index contributed by atoms with van der Waals surface area (Å²) in [6, 6.07) is 8.06. The summed E-state index contributed by atoms with van der Waals surface area (Å²) in [5.41, 5.74) is 2.00. The highest BCUT2D eigenvalue weighted by Gasteiger charge is 2.28. The number of carbonyl (C=O) groups is 2. The Kier molecular flexibility index (Phi) is 6.89. The van der Waals surface area contributed by atoms with E-state index in [1.54, 1.807) is 0 Å². The number of rotatable bonds is 5. The lowest BCUT2D eigenvalue weighted by atomic mass is 9.96. The maximum atomic E-state index is 12.7. The van der Waals surface area contributed by atoms with Gasteiger partial charge in [0.05, 0.1) is 12.5 Å². The van der Waals surface area contributed by atoms with E-state index in [2.05, 4.69) is 24.0 Å². The molecule has 5 heteroatoms. The fourth-order valence-electron chi connectivity index (χ4n) is 4.20. The van der Waals surface area contributed by atoms with E-state index in [1.165, 1.54) is 24.9 Å². The van der Waals surface area contributed by atoms with Crippen LogP contribution in [0.2, 0.25) is 0 Å². The molecule has 2 aliphatic heterocycles. The van der Waals surface area contributed by atoms with Crippen LogP contribution in [0, 0.1) is 11.8 Å². The number of esters is 1. The highest BCUT2D eigenvalue weighted by atomic mass is 16.5. The first-order valence-electron chi connectivity index (χ1n) is 10.3. The quantitative estimate of drug-likeness (QED) is 0.744. The van der Waals surface area contributed by atoms with Gasteiger partial charge in [0.2, 0.25) is 0 Å². The Labute approximate surface area is 162 Å². The van der Waals surface area contributed by atoms with Gasteiger partial charge in [0.1, 0.15) is 0 Å². The zero-order valence-electron chi connectivity index (χ0n) is 16.7. The SMILES string of the molecule is CCOC(=O)C1CCN(C(=O)c2ccc(CN3CCC[C@H](C)C3)cc2)CC1. The Hall–Kier alpha value is -1.88. The van der Waals surface area contributed by atoms with E-state index in [0.29, 0.717) is 32.5 Å². The van der Waals surface area contributed by atoms with Crippen LogP contribution in [-0.4, -0.2) is 54.5 Å². The zero-order chi connectivity index (χ0) is 19.2. The predicted molar refractivity (Wildman–Crippen MR) is 105 cm³/mol. The molecule has 0 aromatic heterocycles. The number of likely N-dealkylation sites (tertiary alicyclic amines) is 2. The van der Waals surface area contributed by atoms with Gasteiger partial charge in [-0.3, -0.25) is 14.5 Å². The van der Waals surface area contributed by atoms with E-state index < -0.39 is 0 Å². The van der Waals surface area contributed by atoms with Gasteiger partial charge in [-0.05, 0) is 62.8 Å². The van der Waals surface area contributed by atoms with Gasteiger partial charge in [-0.2, -0.15) is 0 Å². The van der Waals surface area contributed by atoms with Crippen molar-refractivity contribution in [2.75, 3.05) is 32.8 Å². The van der Waals surface area contributed by atoms with Crippen molar-refractivity contribution in [1.82, 2.24) is 9.80 Å². The molecule has 0 saturated carbocycles. The fourth-order valence-corrected chi connectivity index (χ4v) is 4.20. The molecule has 2 heterocycles. The van der Waals surface area contributed by atoms with E-state index in [4.69, 9.17) is 4.74 Å². The van der Waals surface area contributed by atoms with Crippen molar-refractivity contribution in [2.45, 2.75) is 46.1 Å². The van der Waals surface area contributed by atoms with Gasteiger partial charge in [0, 0.05) is 31.7 Å². The number of amides is 1. The molecular formula is C22H32N2O3. The summed E-state index contributed by atoms with van der Waals surface area (Å²) in [5.74, 6) is 0.650. The number of nitrogens with zero attached hydrogens (tertiary/aromatic N) is 2. The highest BCUT2D eigenvalue weighted by Crippen LogP contribution is 2.21. The third-order valence-electron chi connectivity index (χ3n) is 5.75. The van der Waals surface area contributed by atoms with E-state index in [1.807, 2.05) is 24.0 Å². The van der Waals surface area contributed by atoms with Gasteiger partial charge < -0.3 is 9.64 Å². The van der Waals surface area contributed by atoms with Crippen molar-refractivity contribution in [3.05, 3.63) is 35.4 Å². The summed E-state index contributed by atoms with van der Waals surface area (Å²) in [6.45, 7) is 9.09. The fraction of sp³-hybridized carbons (Fsp3) is 0.636. The largest absolute Gasteiger partial charge is 0.466 e. The highest BCUT2D eigenvalue weighted by molar-refractivity contribution is 5.94. The van der Waals surface area contributed by atoms with Gasteiger partial charge in [-0.25, -0.2) is 0 Å². The minimum atomic E-state index is -0.124. The van der Waals surface area contributed by atoms with Crippen molar-refractivity contribution in [3.8, 4) is 0 Å². The molecule has 1 amide bonds. The summed E-state index contributed by atoms with van der Waals surface area (Å²) in [5, 5.41) is 0. The molecule has 0 unspecified atom stereocenters. The topological polar surface area (TPSA) is 49.9 Å². The van der Waals surface area contributed by atoms with Crippen molar-refractivity contribution in [1.29, 1.82) is 0 Å². The van der Waals surface area contributed by atoms with E-state index in [9.17, 15) is 9.59 Å². The first kappa shape index (κ1) is 19.9. The van der Waals surface area contributed by atoms with Crippen molar-refractivity contribution < 1.29 is 14.3 Å². The molecule has 148 valence electrons. The van der Waals surface area contributed by atoms with Gasteiger partial charge in [-0.15, -0.1) is 0 Å². The molecule has 5 nitrogen and oxygen atoms in total. The van der Waals surface area contributed by atoms with Crippen molar-refractivity contribution in [2.24, 2.45) is 11.8 Å². The molecule has 3 rings (SSSR count). The summed E-state index contributed by atoms with van der Waals surface area (Å²) in [7, 11) is 0. The Morgan fingerprint density at radius 1 is 1.07 bits per heavy atom. The third-order valence-corrected chi connectivity index (χ3v) is 5.75. The van der Waals surface area contributed by atoms with Crippen LogP contribution in [0.5, 0.6) is 0 Å². The normalized spacial score (nSPS) is 21.9. The van der Waals surface area contributed by atoms with Gasteiger partial charge in [0.25, 0.3) is 5.91 Å². The monoisotopic (exact) mass is 372 g/mol. The summed E-state index contributed by atoms with van der Waals surface area (Å²) in [6.07, 6.45) is 3.99. The van der Waals surface area contributed by atoms with Crippen LogP contribution in [-0.2, 0) is 16.1 Å². The van der Waals surface area contributed by atoms with Crippen LogP contribution in [0.4, 0.5) is 0 Å². The Bertz CT molecular complexity index is 635. The van der Waals surface area contributed by atoms with Crippen molar-refractivity contribution in [3.63, 3.8) is 0 Å². The molecule has 0 radical (unpaired) electrons. The molecule has 0 spiro atoms. The minimum absolute atomic E-state index is 0.0652. The van der Waals surface area contributed by atoms with Crippen molar-refractivity contribution >= 4 is 11.9 Å². The standard InChI is InChI=1S/C22H32N2O3/c1-3-27-22(26)20-10-13-24(14-11-20)21(25)19-8-6-18(7-9-19)16-23-12-4-5-17(2)15-23/h6-9,17,20H,3-5,10-16H2,1-2H3/t17-/m0/s1. The number of ether oxygens (including phenoxy) is 1. The van der Waals surface area contributed by atoms with Crippen LogP contribution in [0.15, 0.2) is 24.3 Å². The summed E-state index contributed by atoms with van der Waals surface area (Å²) >= 11 is 0. The summed E-state index contributed by atoms with van der Waals surface area (Å²) in [4.78, 5) is 28.9. The predicted octanol–water partition coefficient (Wildman–Crippen LogP) is 3.33. The lowest BCUT2D eigenvalue weighted by molar-refractivity contribution is -0.149. The number of piperidine rings is 2. The third kappa shape index (κ3) is 5.32. The Morgan fingerprint density at radius 3 is 2.41 bits per heavy atom. The van der Waals surface area contributed by atoms with E-state index in [-0.39, 0.29) is 17.8 Å². The number of hydrogen-bond donors (Lipinski definition) is 0. The van der Waals surface area contributed by atoms with Gasteiger partial charge >= 0.3 is 5.97 Å². The molecule has 1 atom stereocenters. The molecule has 2 aliphatic rings. The second-order valence-electron chi connectivity index (χ2n) is 8.00. The minimum Gasteiger partial charge on any atom is -0.466 e. The second kappa shape index (κ2) is 9.36.